The van der Waals surface area contributed by atoms with Gasteiger partial charge < -0.3 is 10.1 Å². The number of nitrogens with one attached hydrogen (secondary N) is 1. The fourth-order valence-electron chi connectivity index (χ4n) is 1.54. The molecule has 3 nitrogen and oxygen atoms in total. The molecule has 0 rings (SSSR count). The molecule has 0 aromatic rings. The summed E-state index contributed by atoms with van der Waals surface area (Å²) in [7, 11) is 1.45. The number of methoxy groups -OCH3 is 1. The molecule has 0 saturated carbocycles. The molecule has 4 heteroatoms. The molecule has 0 bridgehead atoms. The molecule has 0 aliphatic rings. The van der Waals surface area contributed by atoms with Crippen molar-refractivity contribution in [1.29, 1.82) is 0 Å². The van der Waals surface area contributed by atoms with Crippen LogP contribution >= 0.6 is 11.8 Å². The molecule has 17 heavy (non-hydrogen) atoms. The van der Waals surface area contributed by atoms with E-state index in [0.29, 0.717) is 0 Å². The Balaban J connectivity index is 4.05. The quantitative estimate of drug-likeness (QED) is 0.485. The van der Waals surface area contributed by atoms with Crippen LogP contribution in [0.3, 0.4) is 0 Å². The highest BCUT2D eigenvalue weighted by Gasteiger charge is 2.33. The van der Waals surface area contributed by atoms with Crippen molar-refractivity contribution < 1.29 is 9.53 Å². The summed E-state index contributed by atoms with van der Waals surface area (Å²) in [6.07, 6.45) is 4.76. The van der Waals surface area contributed by atoms with Gasteiger partial charge in [0.1, 0.15) is 5.54 Å². The number of carbonyl (C=O) groups is 1. The number of hydrogen-bond acceptors (Lipinski definition) is 4. The Hall–Kier alpha value is -0.220. The van der Waals surface area contributed by atoms with Gasteiger partial charge in [-0.15, -0.1) is 0 Å². The molecule has 0 spiro atoms. The molecule has 0 fully saturated rings. The second kappa shape index (κ2) is 9.77. The number of carbonyl (C=O) groups excluding carboxylic acids is 1. The van der Waals surface area contributed by atoms with Crippen LogP contribution in [0.4, 0.5) is 0 Å². The molecular formula is C13H27NO2S. The first kappa shape index (κ1) is 16.8. The fourth-order valence-corrected chi connectivity index (χ4v) is 2.72. The zero-order chi connectivity index (χ0) is 13.1. The van der Waals surface area contributed by atoms with Crippen LogP contribution in [0.15, 0.2) is 0 Å². The summed E-state index contributed by atoms with van der Waals surface area (Å²) in [5, 5.41) is 3.29. The van der Waals surface area contributed by atoms with Crippen LogP contribution in [0.25, 0.3) is 0 Å². The molecular weight excluding hydrogens is 234 g/mol. The highest BCUT2D eigenvalue weighted by atomic mass is 32.2. The molecule has 1 unspecified atom stereocenters. The van der Waals surface area contributed by atoms with Crippen LogP contribution in [-0.4, -0.2) is 36.7 Å². The van der Waals surface area contributed by atoms with E-state index in [1.807, 2.05) is 18.7 Å². The Morgan fingerprint density at radius 3 is 2.53 bits per heavy atom. The Morgan fingerprint density at radius 1 is 1.29 bits per heavy atom. The Bertz CT molecular complexity index is 212. The smallest absolute Gasteiger partial charge is 0.326 e. The highest BCUT2D eigenvalue weighted by Crippen LogP contribution is 2.17. The minimum atomic E-state index is -0.540. The maximum atomic E-state index is 11.8. The summed E-state index contributed by atoms with van der Waals surface area (Å²) in [6, 6.07) is 0. The molecule has 0 aromatic heterocycles. The third-order valence-electron chi connectivity index (χ3n) is 2.68. The molecule has 0 aliphatic heterocycles. The summed E-state index contributed by atoms with van der Waals surface area (Å²) in [5.41, 5.74) is -0.540. The van der Waals surface area contributed by atoms with Crippen molar-refractivity contribution in [2.24, 2.45) is 0 Å². The topological polar surface area (TPSA) is 38.3 Å². The summed E-state index contributed by atoms with van der Waals surface area (Å²) < 4.78 is 4.88. The summed E-state index contributed by atoms with van der Waals surface area (Å²) in [6.45, 7) is 7.08. The van der Waals surface area contributed by atoms with Crippen molar-refractivity contribution in [2.45, 2.75) is 52.0 Å². The number of thioether (sulfide) groups is 1. The lowest BCUT2D eigenvalue weighted by Crippen LogP contribution is -2.52. The van der Waals surface area contributed by atoms with Gasteiger partial charge in [-0.1, -0.05) is 26.7 Å². The van der Waals surface area contributed by atoms with E-state index in [9.17, 15) is 4.79 Å². The molecule has 0 aromatic carbocycles. The van der Waals surface area contributed by atoms with Gasteiger partial charge in [-0.05, 0) is 32.1 Å². The molecule has 0 aliphatic carbocycles. The van der Waals surface area contributed by atoms with Crippen LogP contribution in [-0.2, 0) is 9.53 Å². The maximum Gasteiger partial charge on any atom is 0.326 e. The lowest BCUT2D eigenvalue weighted by Gasteiger charge is -2.27. The number of unbranched alkanes of at least 4 members (excludes halogenated alkanes) is 2. The van der Waals surface area contributed by atoms with Gasteiger partial charge in [0.25, 0.3) is 0 Å². The summed E-state index contributed by atoms with van der Waals surface area (Å²) >= 11 is 1.83. The van der Waals surface area contributed by atoms with E-state index in [0.717, 1.165) is 24.5 Å². The molecule has 102 valence electrons. The second-order valence-corrected chi connectivity index (χ2v) is 5.62. The lowest BCUT2D eigenvalue weighted by atomic mass is 10.1. The molecule has 0 saturated heterocycles. The van der Waals surface area contributed by atoms with Gasteiger partial charge in [0, 0.05) is 5.75 Å². The van der Waals surface area contributed by atoms with E-state index in [-0.39, 0.29) is 5.97 Å². The molecule has 0 amide bonds. The first-order chi connectivity index (χ1) is 8.10. The third-order valence-corrected chi connectivity index (χ3v) is 4.04. The van der Waals surface area contributed by atoms with Crippen LogP contribution in [0.1, 0.15) is 46.5 Å². The van der Waals surface area contributed by atoms with Crippen molar-refractivity contribution in [3.8, 4) is 0 Å². The zero-order valence-corrected chi connectivity index (χ0v) is 12.5. The van der Waals surface area contributed by atoms with Crippen LogP contribution < -0.4 is 5.32 Å². The van der Waals surface area contributed by atoms with E-state index in [1.54, 1.807) is 0 Å². The normalized spacial score (nSPS) is 14.4. The first-order valence-corrected chi connectivity index (χ1v) is 7.67. The van der Waals surface area contributed by atoms with Gasteiger partial charge >= 0.3 is 5.97 Å². The minimum absolute atomic E-state index is 0.158. The molecule has 0 heterocycles. The number of ether oxygens (including phenoxy) is 1. The van der Waals surface area contributed by atoms with Crippen molar-refractivity contribution >= 4 is 17.7 Å². The molecule has 1 N–H and O–H groups in total. The van der Waals surface area contributed by atoms with Gasteiger partial charge in [0.2, 0.25) is 0 Å². The van der Waals surface area contributed by atoms with Gasteiger partial charge in [0.15, 0.2) is 0 Å². The zero-order valence-electron chi connectivity index (χ0n) is 11.7. The monoisotopic (exact) mass is 261 g/mol. The van der Waals surface area contributed by atoms with Gasteiger partial charge in [-0.3, -0.25) is 4.79 Å². The van der Waals surface area contributed by atoms with Crippen LogP contribution in [0.2, 0.25) is 0 Å². The van der Waals surface area contributed by atoms with E-state index >= 15 is 0 Å². The van der Waals surface area contributed by atoms with Crippen molar-refractivity contribution in [3.05, 3.63) is 0 Å². The summed E-state index contributed by atoms with van der Waals surface area (Å²) in [5.74, 6) is 1.74. The Labute approximate surface area is 110 Å². The lowest BCUT2D eigenvalue weighted by molar-refractivity contribution is -0.146. The average Bonchev–Trinajstić information content (AvgIpc) is 2.35. The summed E-state index contributed by atoms with van der Waals surface area (Å²) in [4.78, 5) is 11.8. The molecule has 1 atom stereocenters. The van der Waals surface area contributed by atoms with Gasteiger partial charge in [-0.2, -0.15) is 11.8 Å². The molecule has 0 radical (unpaired) electrons. The second-order valence-electron chi connectivity index (χ2n) is 4.51. The predicted molar refractivity (Wildman–Crippen MR) is 75.6 cm³/mol. The van der Waals surface area contributed by atoms with E-state index in [4.69, 9.17) is 4.74 Å². The standard InChI is InChI=1S/C13H27NO2S/c1-5-7-8-10-17-11-13(3,12(15)16-4)14-9-6-2/h14H,5-11H2,1-4H3. The van der Waals surface area contributed by atoms with Crippen molar-refractivity contribution in [1.82, 2.24) is 5.32 Å². The largest absolute Gasteiger partial charge is 0.468 e. The van der Waals surface area contributed by atoms with Crippen LogP contribution in [0.5, 0.6) is 0 Å². The van der Waals surface area contributed by atoms with E-state index in [2.05, 4.69) is 19.2 Å². The van der Waals surface area contributed by atoms with E-state index in [1.165, 1.54) is 26.4 Å². The first-order valence-electron chi connectivity index (χ1n) is 6.52. The number of rotatable bonds is 10. The van der Waals surface area contributed by atoms with Gasteiger partial charge in [0.05, 0.1) is 7.11 Å². The average molecular weight is 261 g/mol. The predicted octanol–water partition coefficient (Wildman–Crippen LogP) is 2.84. The highest BCUT2D eigenvalue weighted by molar-refractivity contribution is 7.99. The number of hydrogen-bond donors (Lipinski definition) is 1. The maximum absolute atomic E-state index is 11.8. The number of esters is 1. The van der Waals surface area contributed by atoms with Crippen LogP contribution in [0, 0.1) is 0 Å². The fraction of sp³-hybridized carbons (Fsp3) is 0.923. The third kappa shape index (κ3) is 6.94. The van der Waals surface area contributed by atoms with Crippen molar-refractivity contribution in [3.63, 3.8) is 0 Å². The minimum Gasteiger partial charge on any atom is -0.468 e. The van der Waals surface area contributed by atoms with Crippen molar-refractivity contribution in [2.75, 3.05) is 25.2 Å². The Morgan fingerprint density at radius 2 is 2.00 bits per heavy atom. The van der Waals surface area contributed by atoms with E-state index < -0.39 is 5.54 Å². The van der Waals surface area contributed by atoms with Gasteiger partial charge in [-0.25, -0.2) is 0 Å². The Kier molecular flexibility index (Phi) is 9.65. The SMILES string of the molecule is CCCCCSCC(C)(NCCC)C(=O)OC.